The van der Waals surface area contributed by atoms with Crippen molar-refractivity contribution in [3.05, 3.63) is 29.0 Å². The number of fused-ring (bicyclic) bond motifs is 1. The summed E-state index contributed by atoms with van der Waals surface area (Å²) in [5.74, 6) is -2.22. The predicted octanol–water partition coefficient (Wildman–Crippen LogP) is 1.38. The molecular weight excluding hydrogens is 403 g/mol. The van der Waals surface area contributed by atoms with Crippen LogP contribution in [0, 0.1) is 11.7 Å². The summed E-state index contributed by atoms with van der Waals surface area (Å²) in [6, 6.07) is 4.51. The van der Waals surface area contributed by atoms with E-state index in [1.165, 1.54) is 17.1 Å². The molecule has 1 aromatic carbocycles. The Morgan fingerprint density at radius 3 is 2.93 bits per heavy atom. The molecule has 0 unspecified atom stereocenters. The predicted molar refractivity (Wildman–Crippen MR) is 104 cm³/mol. The summed E-state index contributed by atoms with van der Waals surface area (Å²) in [5, 5.41) is 8.55. The van der Waals surface area contributed by atoms with Gasteiger partial charge in [0.05, 0.1) is 36.4 Å². The number of carbonyl (C=O) groups is 2. The molecule has 1 amide bonds. The minimum atomic E-state index is -1.39. The number of halogens is 2. The number of hydrogen-bond donors (Lipinski definition) is 1. The maximum Gasteiger partial charge on any atom is 0.354 e. The van der Waals surface area contributed by atoms with Crippen LogP contribution in [0.3, 0.4) is 0 Å². The van der Waals surface area contributed by atoms with E-state index in [9.17, 15) is 9.59 Å². The highest BCUT2D eigenvalue weighted by molar-refractivity contribution is 6.39. The van der Waals surface area contributed by atoms with E-state index in [1.54, 1.807) is 13.0 Å². The molecule has 0 bridgehead atoms. The molecule has 0 saturated carbocycles. The number of amides is 1. The number of carbonyl (C=O) groups excluding carboxylic acids is 2. The van der Waals surface area contributed by atoms with Crippen molar-refractivity contribution in [2.45, 2.75) is 19.0 Å². The maximum atomic E-state index is 15.0. The van der Waals surface area contributed by atoms with Gasteiger partial charge in [0.2, 0.25) is 5.66 Å². The number of rotatable bonds is 4. The number of ether oxygens (including phenoxy) is 2. The van der Waals surface area contributed by atoms with Gasteiger partial charge in [-0.05, 0) is 25.5 Å². The third-order valence-corrected chi connectivity index (χ3v) is 5.83. The van der Waals surface area contributed by atoms with Crippen LogP contribution in [-0.4, -0.2) is 67.6 Å². The number of benzene rings is 1. The van der Waals surface area contributed by atoms with Gasteiger partial charge in [0.15, 0.2) is 11.5 Å². The van der Waals surface area contributed by atoms with E-state index in [0.717, 1.165) is 0 Å². The highest BCUT2D eigenvalue weighted by Crippen LogP contribution is 2.45. The third kappa shape index (κ3) is 3.08. The van der Waals surface area contributed by atoms with Crippen molar-refractivity contribution < 1.29 is 23.5 Å². The number of nitrogens with zero attached hydrogens (tertiary/aromatic N) is 3. The lowest BCUT2D eigenvalue weighted by molar-refractivity contribution is -0.143. The van der Waals surface area contributed by atoms with Gasteiger partial charge < -0.3 is 14.8 Å². The van der Waals surface area contributed by atoms with Crippen molar-refractivity contribution >= 4 is 34.9 Å². The second kappa shape index (κ2) is 7.89. The van der Waals surface area contributed by atoms with Gasteiger partial charge >= 0.3 is 5.97 Å². The molecular formula is C19H22ClFN4O4. The van der Waals surface area contributed by atoms with Gasteiger partial charge in [-0.1, -0.05) is 17.7 Å². The van der Waals surface area contributed by atoms with Gasteiger partial charge in [0.25, 0.3) is 5.91 Å². The fourth-order valence-electron chi connectivity index (χ4n) is 4.33. The fraction of sp³-hybridized carbons (Fsp3) is 0.526. The molecule has 2 atom stereocenters. The van der Waals surface area contributed by atoms with Crippen LogP contribution in [0.4, 0.5) is 10.1 Å². The van der Waals surface area contributed by atoms with Crippen LogP contribution in [0.2, 0.25) is 5.02 Å². The zero-order chi connectivity index (χ0) is 20.6. The number of piperidine rings is 1. The number of anilines is 1. The van der Waals surface area contributed by atoms with Crippen molar-refractivity contribution in [3.8, 4) is 0 Å². The first-order valence-corrected chi connectivity index (χ1v) is 10.0. The Bertz CT molecular complexity index is 861. The van der Waals surface area contributed by atoms with Gasteiger partial charge in [0, 0.05) is 19.6 Å². The lowest BCUT2D eigenvalue weighted by Crippen LogP contribution is -2.73. The van der Waals surface area contributed by atoms with Crippen molar-refractivity contribution in [1.82, 2.24) is 10.2 Å². The third-order valence-electron chi connectivity index (χ3n) is 5.54. The Morgan fingerprint density at radius 2 is 2.21 bits per heavy atom. The topological polar surface area (TPSA) is 83.5 Å². The lowest BCUT2D eigenvalue weighted by Gasteiger charge is -2.50. The minimum Gasteiger partial charge on any atom is -0.461 e. The summed E-state index contributed by atoms with van der Waals surface area (Å²) < 4.78 is 25.7. The molecule has 0 aromatic heterocycles. The van der Waals surface area contributed by atoms with Crippen LogP contribution >= 0.6 is 11.6 Å². The molecule has 0 spiro atoms. The van der Waals surface area contributed by atoms with Crippen LogP contribution in [0.15, 0.2) is 23.3 Å². The van der Waals surface area contributed by atoms with Crippen LogP contribution in [0.1, 0.15) is 13.3 Å². The first-order chi connectivity index (χ1) is 14.0. The summed E-state index contributed by atoms with van der Waals surface area (Å²) in [4.78, 5) is 28.0. The molecule has 3 heterocycles. The van der Waals surface area contributed by atoms with E-state index >= 15 is 4.39 Å². The Balaban J connectivity index is 1.91. The van der Waals surface area contributed by atoms with Gasteiger partial charge in [-0.3, -0.25) is 9.69 Å². The van der Waals surface area contributed by atoms with Gasteiger partial charge in [-0.15, -0.1) is 0 Å². The average Bonchev–Trinajstić information content (AvgIpc) is 3.08. The van der Waals surface area contributed by atoms with Crippen LogP contribution in [0.25, 0.3) is 0 Å². The fourth-order valence-corrected chi connectivity index (χ4v) is 4.50. The van der Waals surface area contributed by atoms with Crippen molar-refractivity contribution in [3.63, 3.8) is 0 Å². The molecule has 3 aliphatic heterocycles. The zero-order valence-electron chi connectivity index (χ0n) is 16.0. The van der Waals surface area contributed by atoms with Crippen LogP contribution in [0.5, 0.6) is 0 Å². The highest BCUT2D eigenvalue weighted by Gasteiger charge is 2.64. The molecule has 4 rings (SSSR count). The van der Waals surface area contributed by atoms with E-state index in [-0.39, 0.29) is 28.9 Å². The first-order valence-electron chi connectivity index (χ1n) is 9.62. The molecule has 3 aliphatic rings. The molecule has 1 N–H and O–H groups in total. The van der Waals surface area contributed by atoms with E-state index in [1.807, 2.05) is 4.90 Å². The lowest BCUT2D eigenvalue weighted by atomic mass is 9.80. The molecule has 2 saturated heterocycles. The quantitative estimate of drug-likeness (QED) is 0.735. The molecule has 1 aromatic rings. The van der Waals surface area contributed by atoms with Gasteiger partial charge in [-0.2, -0.15) is 5.10 Å². The van der Waals surface area contributed by atoms with Crippen molar-refractivity contribution in [1.29, 1.82) is 0 Å². The first kappa shape index (κ1) is 20.1. The summed E-state index contributed by atoms with van der Waals surface area (Å²) >= 11 is 6.01. The van der Waals surface area contributed by atoms with Crippen molar-refractivity contribution in [2.75, 3.05) is 44.5 Å². The summed E-state index contributed by atoms with van der Waals surface area (Å²) in [6.45, 7) is 3.98. The smallest absolute Gasteiger partial charge is 0.354 e. The molecule has 29 heavy (non-hydrogen) atoms. The number of esters is 1. The monoisotopic (exact) mass is 424 g/mol. The molecule has 2 fully saturated rings. The van der Waals surface area contributed by atoms with E-state index in [0.29, 0.717) is 39.3 Å². The Labute approximate surface area is 172 Å². The standard InChI is InChI=1S/C19H22ClFN4O4/c1-2-29-17(26)16-12-6-7-22-18(27)19(12,24-8-10-28-11-9-24)25(23-16)14-5-3-4-13(20)15(14)21/h3-5,12H,2,6-11H2,1H3,(H,22,27)/t12-,19+/m0/s1. The van der Waals surface area contributed by atoms with E-state index in [2.05, 4.69) is 10.4 Å². The van der Waals surface area contributed by atoms with Crippen LogP contribution in [-0.2, 0) is 19.1 Å². The van der Waals surface area contributed by atoms with Crippen LogP contribution < -0.4 is 10.3 Å². The number of hydrogen-bond acceptors (Lipinski definition) is 7. The summed E-state index contributed by atoms with van der Waals surface area (Å²) in [5.41, 5.74) is -1.24. The van der Waals surface area contributed by atoms with E-state index in [4.69, 9.17) is 21.1 Å². The Kier molecular flexibility index (Phi) is 5.46. The molecule has 10 heteroatoms. The average molecular weight is 425 g/mol. The second-order valence-electron chi connectivity index (χ2n) is 7.01. The number of morpholine rings is 1. The molecule has 156 valence electrons. The second-order valence-corrected chi connectivity index (χ2v) is 7.42. The zero-order valence-corrected chi connectivity index (χ0v) is 16.7. The molecule has 0 aliphatic carbocycles. The van der Waals surface area contributed by atoms with Gasteiger partial charge in [-0.25, -0.2) is 14.2 Å². The summed E-state index contributed by atoms with van der Waals surface area (Å²) in [6.07, 6.45) is 0.472. The Morgan fingerprint density at radius 1 is 1.45 bits per heavy atom. The molecule has 8 nitrogen and oxygen atoms in total. The highest BCUT2D eigenvalue weighted by atomic mass is 35.5. The number of hydrazone groups is 1. The van der Waals surface area contributed by atoms with Gasteiger partial charge in [0.1, 0.15) is 0 Å². The largest absolute Gasteiger partial charge is 0.461 e. The maximum absolute atomic E-state index is 15.0. The molecule has 0 radical (unpaired) electrons. The normalized spacial score (nSPS) is 27.3. The van der Waals surface area contributed by atoms with Crippen molar-refractivity contribution in [2.24, 2.45) is 11.0 Å². The SMILES string of the molecule is CCOC(=O)C1=NN(c2cccc(Cl)c2F)[C@@]2(N3CCOCC3)C(=O)NCC[C@@H]12. The summed E-state index contributed by atoms with van der Waals surface area (Å²) in [7, 11) is 0. The minimum absolute atomic E-state index is 0.0327. The van der Waals surface area contributed by atoms with E-state index < -0.39 is 23.4 Å². The Hall–Kier alpha value is -2.23. The number of nitrogens with one attached hydrogen (secondary N) is 1.